The lowest BCUT2D eigenvalue weighted by molar-refractivity contribution is 0.0938. The SMILES string of the molecule is CC(C)n1c(Cl)nc2cc(C(=O)NC3CCCC3)ccc21. The molecule has 4 nitrogen and oxygen atoms in total. The maximum absolute atomic E-state index is 12.3. The molecule has 2 aromatic rings. The lowest BCUT2D eigenvalue weighted by Gasteiger charge is -2.12. The van der Waals surface area contributed by atoms with Gasteiger partial charge in [0.05, 0.1) is 11.0 Å². The summed E-state index contributed by atoms with van der Waals surface area (Å²) in [6.45, 7) is 4.13. The van der Waals surface area contributed by atoms with E-state index < -0.39 is 0 Å². The Morgan fingerprint density at radius 3 is 2.76 bits per heavy atom. The highest BCUT2D eigenvalue weighted by molar-refractivity contribution is 6.29. The van der Waals surface area contributed by atoms with Gasteiger partial charge in [-0.3, -0.25) is 4.79 Å². The predicted octanol–water partition coefficient (Wildman–Crippen LogP) is 3.94. The number of rotatable bonds is 3. The van der Waals surface area contributed by atoms with Crippen molar-refractivity contribution in [2.75, 3.05) is 0 Å². The number of fused-ring (bicyclic) bond motifs is 1. The van der Waals surface area contributed by atoms with Crippen LogP contribution in [0.5, 0.6) is 0 Å². The van der Waals surface area contributed by atoms with Gasteiger partial charge in [-0.2, -0.15) is 0 Å². The number of aromatic nitrogens is 2. The van der Waals surface area contributed by atoms with E-state index in [4.69, 9.17) is 11.6 Å². The van der Waals surface area contributed by atoms with E-state index in [1.165, 1.54) is 12.8 Å². The third-order valence-corrected chi connectivity index (χ3v) is 4.38. The summed E-state index contributed by atoms with van der Waals surface area (Å²) in [5.41, 5.74) is 2.39. The fourth-order valence-electron chi connectivity index (χ4n) is 3.04. The minimum Gasteiger partial charge on any atom is -0.349 e. The summed E-state index contributed by atoms with van der Waals surface area (Å²) < 4.78 is 1.97. The first-order chi connectivity index (χ1) is 10.1. The zero-order chi connectivity index (χ0) is 15.0. The van der Waals surface area contributed by atoms with Gasteiger partial charge in [0.2, 0.25) is 5.28 Å². The van der Waals surface area contributed by atoms with Crippen molar-refractivity contribution in [3.63, 3.8) is 0 Å². The summed E-state index contributed by atoms with van der Waals surface area (Å²) in [4.78, 5) is 16.6. The second-order valence-corrected chi connectivity index (χ2v) is 6.34. The van der Waals surface area contributed by atoms with E-state index in [0.717, 1.165) is 23.9 Å². The number of benzene rings is 1. The highest BCUT2D eigenvalue weighted by Gasteiger charge is 2.19. The Morgan fingerprint density at radius 2 is 2.10 bits per heavy atom. The Bertz CT molecular complexity index is 671. The molecule has 3 rings (SSSR count). The Kier molecular flexibility index (Phi) is 3.89. The third kappa shape index (κ3) is 2.77. The summed E-state index contributed by atoms with van der Waals surface area (Å²) in [5, 5.41) is 3.56. The van der Waals surface area contributed by atoms with Gasteiger partial charge in [0.15, 0.2) is 0 Å². The molecule has 1 aliphatic carbocycles. The molecule has 0 aliphatic heterocycles. The van der Waals surface area contributed by atoms with Crippen LogP contribution >= 0.6 is 11.6 Å². The van der Waals surface area contributed by atoms with Crippen LogP contribution in [0.1, 0.15) is 55.9 Å². The topological polar surface area (TPSA) is 46.9 Å². The molecule has 0 radical (unpaired) electrons. The van der Waals surface area contributed by atoms with Crippen LogP contribution in [0.2, 0.25) is 5.28 Å². The number of hydrogen-bond acceptors (Lipinski definition) is 2. The standard InChI is InChI=1S/C16H20ClN3O/c1-10(2)20-14-8-7-11(9-13(14)19-16(20)17)15(21)18-12-5-3-4-6-12/h7-10,12H,3-6H2,1-2H3,(H,18,21). The molecular weight excluding hydrogens is 286 g/mol. The summed E-state index contributed by atoms with van der Waals surface area (Å²) in [7, 11) is 0. The fourth-order valence-corrected chi connectivity index (χ4v) is 3.42. The first kappa shape index (κ1) is 14.4. The zero-order valence-corrected chi connectivity index (χ0v) is 13.2. The third-order valence-electron chi connectivity index (χ3n) is 4.12. The minimum atomic E-state index is -0.0148. The monoisotopic (exact) mass is 305 g/mol. The molecule has 0 saturated heterocycles. The summed E-state index contributed by atoms with van der Waals surface area (Å²) in [6.07, 6.45) is 4.58. The van der Waals surface area contributed by atoms with Gasteiger partial charge in [0.1, 0.15) is 0 Å². The number of carbonyl (C=O) groups excluding carboxylic acids is 1. The van der Waals surface area contributed by atoms with E-state index in [1.54, 1.807) is 0 Å². The number of nitrogens with one attached hydrogen (secondary N) is 1. The molecule has 1 aromatic heterocycles. The smallest absolute Gasteiger partial charge is 0.251 e. The van der Waals surface area contributed by atoms with Crippen LogP contribution in [0.3, 0.4) is 0 Å². The summed E-state index contributed by atoms with van der Waals surface area (Å²) in [6, 6.07) is 6.16. The van der Waals surface area contributed by atoms with E-state index in [0.29, 0.717) is 16.9 Å². The van der Waals surface area contributed by atoms with Crippen molar-refractivity contribution < 1.29 is 4.79 Å². The quantitative estimate of drug-likeness (QED) is 0.933. The second-order valence-electron chi connectivity index (χ2n) is 6.00. The number of nitrogens with zero attached hydrogens (tertiary/aromatic N) is 2. The lowest BCUT2D eigenvalue weighted by atomic mass is 10.1. The van der Waals surface area contributed by atoms with Crippen LogP contribution in [-0.4, -0.2) is 21.5 Å². The van der Waals surface area contributed by atoms with Gasteiger partial charge in [-0.15, -0.1) is 0 Å². The van der Waals surface area contributed by atoms with Gasteiger partial charge in [-0.1, -0.05) is 12.8 Å². The van der Waals surface area contributed by atoms with Gasteiger partial charge in [0, 0.05) is 17.6 Å². The van der Waals surface area contributed by atoms with E-state index in [-0.39, 0.29) is 11.9 Å². The van der Waals surface area contributed by atoms with Crippen molar-refractivity contribution in [2.45, 2.75) is 51.6 Å². The zero-order valence-electron chi connectivity index (χ0n) is 12.4. The molecule has 21 heavy (non-hydrogen) atoms. The number of amides is 1. The molecule has 1 aliphatic rings. The normalized spacial score (nSPS) is 16.0. The van der Waals surface area contributed by atoms with Gasteiger partial charge < -0.3 is 9.88 Å². The van der Waals surface area contributed by atoms with Gasteiger partial charge in [0.25, 0.3) is 5.91 Å². The number of carbonyl (C=O) groups is 1. The first-order valence-electron chi connectivity index (χ1n) is 7.54. The van der Waals surface area contributed by atoms with Crippen molar-refractivity contribution in [1.82, 2.24) is 14.9 Å². The molecule has 1 fully saturated rings. The van der Waals surface area contributed by atoms with Crippen molar-refractivity contribution in [1.29, 1.82) is 0 Å². The molecule has 1 aromatic carbocycles. The highest BCUT2D eigenvalue weighted by Crippen LogP contribution is 2.25. The number of hydrogen-bond donors (Lipinski definition) is 1. The van der Waals surface area contributed by atoms with Crippen molar-refractivity contribution in [2.24, 2.45) is 0 Å². The van der Waals surface area contributed by atoms with Crippen LogP contribution in [0.15, 0.2) is 18.2 Å². The van der Waals surface area contributed by atoms with Crippen LogP contribution in [-0.2, 0) is 0 Å². The molecule has 1 amide bonds. The Morgan fingerprint density at radius 1 is 1.38 bits per heavy atom. The molecule has 0 unspecified atom stereocenters. The van der Waals surface area contributed by atoms with Crippen molar-refractivity contribution in [3.05, 3.63) is 29.0 Å². The van der Waals surface area contributed by atoms with Crippen LogP contribution < -0.4 is 5.32 Å². The second kappa shape index (κ2) is 5.68. The minimum absolute atomic E-state index is 0.0148. The Hall–Kier alpha value is -1.55. The fraction of sp³-hybridized carbons (Fsp3) is 0.500. The lowest BCUT2D eigenvalue weighted by Crippen LogP contribution is -2.32. The van der Waals surface area contributed by atoms with Crippen LogP contribution in [0, 0.1) is 0 Å². The van der Waals surface area contributed by atoms with E-state index in [1.807, 2.05) is 22.8 Å². The van der Waals surface area contributed by atoms with Gasteiger partial charge >= 0.3 is 0 Å². The Labute approximate surface area is 129 Å². The van der Waals surface area contributed by atoms with E-state index >= 15 is 0 Å². The van der Waals surface area contributed by atoms with E-state index in [9.17, 15) is 4.79 Å². The number of imidazole rings is 1. The molecule has 112 valence electrons. The maximum Gasteiger partial charge on any atom is 0.251 e. The molecule has 1 saturated carbocycles. The van der Waals surface area contributed by atoms with Gasteiger partial charge in [-0.25, -0.2) is 4.98 Å². The summed E-state index contributed by atoms with van der Waals surface area (Å²) >= 11 is 6.18. The summed E-state index contributed by atoms with van der Waals surface area (Å²) in [5.74, 6) is -0.0148. The first-order valence-corrected chi connectivity index (χ1v) is 7.92. The molecule has 0 bridgehead atoms. The van der Waals surface area contributed by atoms with Crippen LogP contribution in [0.4, 0.5) is 0 Å². The largest absolute Gasteiger partial charge is 0.349 e. The van der Waals surface area contributed by atoms with E-state index in [2.05, 4.69) is 24.1 Å². The average molecular weight is 306 g/mol. The van der Waals surface area contributed by atoms with Crippen LogP contribution in [0.25, 0.3) is 11.0 Å². The molecule has 0 spiro atoms. The maximum atomic E-state index is 12.3. The van der Waals surface area contributed by atoms with Gasteiger partial charge in [-0.05, 0) is 56.5 Å². The predicted molar refractivity (Wildman–Crippen MR) is 84.9 cm³/mol. The molecule has 1 N–H and O–H groups in total. The molecule has 5 heteroatoms. The van der Waals surface area contributed by atoms with Crippen molar-refractivity contribution >= 4 is 28.5 Å². The molecule has 0 atom stereocenters. The van der Waals surface area contributed by atoms with Crippen molar-refractivity contribution in [3.8, 4) is 0 Å². The number of halogens is 1. The highest BCUT2D eigenvalue weighted by atomic mass is 35.5. The molecule has 1 heterocycles. The molecular formula is C16H20ClN3O. The average Bonchev–Trinajstić information content (AvgIpc) is 3.03. The Balaban J connectivity index is 1.88.